The largest absolute Gasteiger partial charge is 0.243 e. The lowest BCUT2D eigenvalue weighted by Crippen LogP contribution is -2.50. The number of piperazine rings is 1. The molecule has 0 spiro atoms. The van der Waals surface area contributed by atoms with Crippen LogP contribution in [0, 0.1) is 20.8 Å². The summed E-state index contributed by atoms with van der Waals surface area (Å²) in [6, 6.07) is 10.8. The molecule has 31 heavy (non-hydrogen) atoms. The van der Waals surface area contributed by atoms with Gasteiger partial charge in [0.2, 0.25) is 20.0 Å². The third kappa shape index (κ3) is 5.03. The average Bonchev–Trinajstić information content (AvgIpc) is 2.71. The molecule has 2 aromatic carbocycles. The molecule has 6 nitrogen and oxygen atoms in total. The van der Waals surface area contributed by atoms with Crippen LogP contribution in [0.25, 0.3) is 0 Å². The highest BCUT2D eigenvalue weighted by Gasteiger charge is 2.35. The minimum absolute atomic E-state index is 0.142. The van der Waals surface area contributed by atoms with Gasteiger partial charge in [0, 0.05) is 26.2 Å². The molecule has 0 aromatic heterocycles. The quantitative estimate of drug-likeness (QED) is 0.627. The molecule has 1 aliphatic rings. The summed E-state index contributed by atoms with van der Waals surface area (Å²) in [5, 5.41) is 0. The summed E-state index contributed by atoms with van der Waals surface area (Å²) >= 11 is 0. The molecule has 0 radical (unpaired) electrons. The Bertz CT molecular complexity index is 1110. The number of nitrogens with zero attached hydrogens (tertiary/aromatic N) is 2. The van der Waals surface area contributed by atoms with Crippen molar-refractivity contribution < 1.29 is 16.8 Å². The summed E-state index contributed by atoms with van der Waals surface area (Å²) in [5.41, 5.74) is 3.58. The van der Waals surface area contributed by atoms with Crippen molar-refractivity contribution in [2.45, 2.75) is 56.7 Å². The molecule has 1 aliphatic heterocycles. The zero-order valence-electron chi connectivity index (χ0n) is 18.8. The second kappa shape index (κ2) is 9.40. The Hall–Kier alpha value is -1.74. The lowest BCUT2D eigenvalue weighted by Gasteiger charge is -2.34. The second-order valence-electron chi connectivity index (χ2n) is 8.28. The summed E-state index contributed by atoms with van der Waals surface area (Å²) in [6.07, 6.45) is 3.10. The van der Waals surface area contributed by atoms with Crippen molar-refractivity contribution in [2.75, 3.05) is 26.2 Å². The molecule has 0 aliphatic carbocycles. The van der Waals surface area contributed by atoms with Gasteiger partial charge in [0.15, 0.2) is 0 Å². The van der Waals surface area contributed by atoms with E-state index in [1.165, 1.54) is 8.61 Å². The van der Waals surface area contributed by atoms with Crippen molar-refractivity contribution in [1.82, 2.24) is 8.61 Å². The predicted molar refractivity (Wildman–Crippen MR) is 123 cm³/mol. The zero-order valence-corrected chi connectivity index (χ0v) is 20.4. The Morgan fingerprint density at radius 1 is 0.774 bits per heavy atom. The van der Waals surface area contributed by atoms with Gasteiger partial charge in [-0.3, -0.25) is 0 Å². The minimum Gasteiger partial charge on any atom is -0.207 e. The van der Waals surface area contributed by atoms with E-state index in [1.54, 1.807) is 26.0 Å². The Morgan fingerprint density at radius 2 is 1.26 bits per heavy atom. The number of hydrogen-bond donors (Lipinski definition) is 0. The number of aryl methyl sites for hydroxylation is 4. The molecule has 2 aromatic rings. The van der Waals surface area contributed by atoms with Gasteiger partial charge in [-0.15, -0.1) is 0 Å². The molecule has 170 valence electrons. The number of rotatable bonds is 7. The maximum absolute atomic E-state index is 13.2. The van der Waals surface area contributed by atoms with Gasteiger partial charge in [-0.2, -0.15) is 8.61 Å². The van der Waals surface area contributed by atoms with Crippen LogP contribution in [0.15, 0.2) is 46.2 Å². The van der Waals surface area contributed by atoms with Crippen LogP contribution in [-0.2, 0) is 26.5 Å². The maximum atomic E-state index is 13.2. The first kappa shape index (κ1) is 23.9. The van der Waals surface area contributed by atoms with Crippen LogP contribution < -0.4 is 0 Å². The Labute approximate surface area is 187 Å². The van der Waals surface area contributed by atoms with E-state index in [4.69, 9.17) is 0 Å². The number of hydrogen-bond acceptors (Lipinski definition) is 4. The molecule has 0 unspecified atom stereocenters. The van der Waals surface area contributed by atoms with Crippen molar-refractivity contribution in [2.24, 2.45) is 0 Å². The number of unbranched alkanes of at least 4 members (excludes halogenated alkanes) is 1. The topological polar surface area (TPSA) is 74.8 Å². The van der Waals surface area contributed by atoms with E-state index in [1.807, 2.05) is 31.2 Å². The van der Waals surface area contributed by atoms with Crippen molar-refractivity contribution in [3.63, 3.8) is 0 Å². The fraction of sp³-hybridized carbons (Fsp3) is 0.478. The van der Waals surface area contributed by atoms with Gasteiger partial charge in [0.25, 0.3) is 0 Å². The third-order valence-electron chi connectivity index (χ3n) is 5.78. The second-order valence-corrected chi connectivity index (χ2v) is 12.1. The molecule has 1 fully saturated rings. The number of benzene rings is 2. The van der Waals surface area contributed by atoms with Crippen LogP contribution in [0.3, 0.4) is 0 Å². The molecule has 0 amide bonds. The molecule has 8 heteroatoms. The summed E-state index contributed by atoms with van der Waals surface area (Å²) < 4.78 is 55.4. The van der Waals surface area contributed by atoms with Gasteiger partial charge in [0.05, 0.1) is 9.79 Å². The molecule has 0 saturated carbocycles. The molecular weight excluding hydrogens is 432 g/mol. The highest BCUT2D eigenvalue weighted by atomic mass is 32.2. The maximum Gasteiger partial charge on any atom is 0.243 e. The summed E-state index contributed by atoms with van der Waals surface area (Å²) in [7, 11) is -7.32. The molecular formula is C23H32N2O4S2. The molecule has 0 bridgehead atoms. The summed E-state index contributed by atoms with van der Waals surface area (Å²) in [4.78, 5) is 0.589. The molecule has 1 saturated heterocycles. The average molecular weight is 465 g/mol. The zero-order chi connectivity index (χ0) is 22.8. The van der Waals surface area contributed by atoms with Gasteiger partial charge < -0.3 is 0 Å². The van der Waals surface area contributed by atoms with E-state index in [9.17, 15) is 16.8 Å². The van der Waals surface area contributed by atoms with E-state index in [2.05, 4.69) is 6.92 Å². The first-order valence-corrected chi connectivity index (χ1v) is 13.6. The highest BCUT2D eigenvalue weighted by molar-refractivity contribution is 7.89. The van der Waals surface area contributed by atoms with E-state index in [-0.39, 0.29) is 31.1 Å². The van der Waals surface area contributed by atoms with Gasteiger partial charge in [-0.1, -0.05) is 43.2 Å². The van der Waals surface area contributed by atoms with E-state index in [0.29, 0.717) is 4.90 Å². The van der Waals surface area contributed by atoms with E-state index in [0.717, 1.165) is 41.5 Å². The van der Waals surface area contributed by atoms with Crippen molar-refractivity contribution in [1.29, 1.82) is 0 Å². The molecule has 0 N–H and O–H groups in total. The SMILES string of the molecule is CCCCc1ccc(S(=O)(=O)N2CCN(S(=O)(=O)c3c(C)cc(C)cc3C)CC2)cc1. The van der Waals surface area contributed by atoms with Crippen LogP contribution in [0.4, 0.5) is 0 Å². The smallest absolute Gasteiger partial charge is 0.207 e. The molecule has 1 heterocycles. The summed E-state index contributed by atoms with van der Waals surface area (Å²) in [6.45, 7) is 8.24. The highest BCUT2D eigenvalue weighted by Crippen LogP contribution is 2.27. The Morgan fingerprint density at radius 3 is 1.74 bits per heavy atom. The lowest BCUT2D eigenvalue weighted by molar-refractivity contribution is 0.272. The Kier molecular flexibility index (Phi) is 7.25. The number of sulfonamides is 2. The van der Waals surface area contributed by atoms with E-state index >= 15 is 0 Å². The lowest BCUT2D eigenvalue weighted by atomic mass is 10.1. The first-order valence-electron chi connectivity index (χ1n) is 10.7. The fourth-order valence-corrected chi connectivity index (χ4v) is 7.47. The van der Waals surface area contributed by atoms with Gasteiger partial charge in [-0.05, 0) is 62.4 Å². The minimum atomic E-state index is -3.68. The standard InChI is InChI=1S/C23H32N2O4S2/c1-5-6-7-21-8-10-22(11-9-21)30(26,27)24-12-14-25(15-13-24)31(28,29)23-19(3)16-18(2)17-20(23)4/h8-11,16-17H,5-7,12-15H2,1-4H3. The predicted octanol–water partition coefficient (Wildman–Crippen LogP) is 3.65. The normalized spacial score (nSPS) is 16.5. The van der Waals surface area contributed by atoms with Crippen molar-refractivity contribution >= 4 is 20.0 Å². The van der Waals surface area contributed by atoms with Crippen LogP contribution in [0.5, 0.6) is 0 Å². The summed E-state index contributed by atoms with van der Waals surface area (Å²) in [5.74, 6) is 0. The van der Waals surface area contributed by atoms with Gasteiger partial charge >= 0.3 is 0 Å². The van der Waals surface area contributed by atoms with Gasteiger partial charge in [0.1, 0.15) is 0 Å². The fourth-order valence-electron chi connectivity index (χ4n) is 4.21. The van der Waals surface area contributed by atoms with Crippen molar-refractivity contribution in [3.05, 3.63) is 58.7 Å². The van der Waals surface area contributed by atoms with E-state index < -0.39 is 20.0 Å². The molecule has 3 rings (SSSR count). The third-order valence-corrected chi connectivity index (χ3v) is 9.90. The van der Waals surface area contributed by atoms with Crippen LogP contribution >= 0.6 is 0 Å². The van der Waals surface area contributed by atoms with Crippen LogP contribution in [0.1, 0.15) is 42.0 Å². The molecule has 0 atom stereocenters. The van der Waals surface area contributed by atoms with Crippen LogP contribution in [-0.4, -0.2) is 51.6 Å². The van der Waals surface area contributed by atoms with Crippen molar-refractivity contribution in [3.8, 4) is 0 Å². The first-order chi connectivity index (χ1) is 14.6. The van der Waals surface area contributed by atoms with Gasteiger partial charge in [-0.25, -0.2) is 16.8 Å². The Balaban J connectivity index is 1.74. The monoisotopic (exact) mass is 464 g/mol. The van der Waals surface area contributed by atoms with Crippen LogP contribution in [0.2, 0.25) is 0 Å².